The molecule has 214 valence electrons. The lowest BCUT2D eigenvalue weighted by Gasteiger charge is -2.33. The van der Waals surface area contributed by atoms with Crippen LogP contribution >= 0.6 is 15.9 Å². The standard InChI is InChI=1S/C30H36BrN3O5S/c1-4-5-18-32-30(36)28(20-23-10-7-6-8-11-23)33(21-24-12-9-13-27(19-24)39-2)29(35)22-34(40(3,37)38)26-16-14-25(31)15-17-26/h6-17,19,28H,4-5,18,20-22H2,1-3H3,(H,32,36)/t28-/m0/s1. The van der Waals surface area contributed by atoms with Crippen molar-refractivity contribution >= 4 is 43.5 Å². The zero-order chi connectivity index (χ0) is 29.1. The smallest absolute Gasteiger partial charge is 0.244 e. The summed E-state index contributed by atoms with van der Waals surface area (Å²) in [7, 11) is -2.26. The van der Waals surface area contributed by atoms with Gasteiger partial charge in [0.2, 0.25) is 21.8 Å². The molecule has 3 rings (SSSR count). The van der Waals surface area contributed by atoms with Crippen LogP contribution in [0.25, 0.3) is 0 Å². The zero-order valence-corrected chi connectivity index (χ0v) is 25.4. The van der Waals surface area contributed by atoms with Crippen LogP contribution in [0.4, 0.5) is 5.69 Å². The fourth-order valence-electron chi connectivity index (χ4n) is 4.25. The van der Waals surface area contributed by atoms with E-state index in [4.69, 9.17) is 4.74 Å². The number of ether oxygens (including phenoxy) is 1. The average molecular weight is 631 g/mol. The van der Waals surface area contributed by atoms with E-state index >= 15 is 0 Å². The Morgan fingerprint density at radius 2 is 1.65 bits per heavy atom. The molecule has 0 unspecified atom stereocenters. The summed E-state index contributed by atoms with van der Waals surface area (Å²) in [5, 5.41) is 2.97. The number of methoxy groups -OCH3 is 1. The zero-order valence-electron chi connectivity index (χ0n) is 23.0. The minimum absolute atomic E-state index is 0.0900. The van der Waals surface area contributed by atoms with Crippen molar-refractivity contribution in [1.82, 2.24) is 10.2 Å². The number of hydrogen-bond donors (Lipinski definition) is 1. The number of nitrogens with one attached hydrogen (secondary N) is 1. The predicted molar refractivity (Wildman–Crippen MR) is 162 cm³/mol. The minimum Gasteiger partial charge on any atom is -0.497 e. The van der Waals surface area contributed by atoms with Crippen LogP contribution < -0.4 is 14.4 Å². The van der Waals surface area contributed by atoms with Gasteiger partial charge in [0, 0.05) is 24.0 Å². The van der Waals surface area contributed by atoms with E-state index in [9.17, 15) is 18.0 Å². The molecule has 0 saturated heterocycles. The summed E-state index contributed by atoms with van der Waals surface area (Å²) in [5.74, 6) is -0.171. The largest absolute Gasteiger partial charge is 0.497 e. The number of amides is 2. The quantitative estimate of drug-likeness (QED) is 0.259. The number of sulfonamides is 1. The summed E-state index contributed by atoms with van der Waals surface area (Å²) in [6.45, 7) is 2.15. The lowest BCUT2D eigenvalue weighted by atomic mass is 10.0. The first kappa shape index (κ1) is 31.2. The van der Waals surface area contributed by atoms with Gasteiger partial charge in [0.25, 0.3) is 0 Å². The average Bonchev–Trinajstić information content (AvgIpc) is 2.94. The van der Waals surface area contributed by atoms with E-state index < -0.39 is 28.5 Å². The highest BCUT2D eigenvalue weighted by atomic mass is 79.9. The molecule has 0 aliphatic rings. The SMILES string of the molecule is CCCCNC(=O)[C@H](Cc1ccccc1)N(Cc1cccc(OC)c1)C(=O)CN(c1ccc(Br)cc1)S(C)(=O)=O. The van der Waals surface area contributed by atoms with E-state index in [1.54, 1.807) is 43.5 Å². The van der Waals surface area contributed by atoms with Gasteiger partial charge in [-0.1, -0.05) is 71.7 Å². The molecule has 0 radical (unpaired) electrons. The number of carbonyl (C=O) groups is 2. The number of halogens is 1. The molecule has 0 fully saturated rings. The normalized spacial score (nSPS) is 11.9. The van der Waals surface area contributed by atoms with Crippen LogP contribution in [0.5, 0.6) is 5.75 Å². The van der Waals surface area contributed by atoms with Gasteiger partial charge in [0.1, 0.15) is 18.3 Å². The number of rotatable bonds is 14. The van der Waals surface area contributed by atoms with E-state index in [1.165, 1.54) is 4.90 Å². The van der Waals surface area contributed by atoms with Crippen molar-refractivity contribution in [3.8, 4) is 5.75 Å². The number of anilines is 1. The van der Waals surface area contributed by atoms with Gasteiger partial charge < -0.3 is 15.0 Å². The molecule has 0 aliphatic carbocycles. The first-order valence-corrected chi connectivity index (χ1v) is 15.7. The molecular weight excluding hydrogens is 594 g/mol. The Bertz CT molecular complexity index is 1370. The fourth-order valence-corrected chi connectivity index (χ4v) is 5.36. The van der Waals surface area contributed by atoms with Crippen LogP contribution in [0, 0.1) is 0 Å². The van der Waals surface area contributed by atoms with Crippen molar-refractivity contribution in [2.75, 3.05) is 30.8 Å². The van der Waals surface area contributed by atoms with Crippen LogP contribution in [0.15, 0.2) is 83.3 Å². The maximum absolute atomic E-state index is 14.1. The van der Waals surface area contributed by atoms with Crippen molar-refractivity contribution in [3.05, 3.63) is 94.5 Å². The molecule has 2 amide bonds. The number of carbonyl (C=O) groups excluding carboxylic acids is 2. The lowest BCUT2D eigenvalue weighted by molar-refractivity contribution is -0.140. The molecule has 0 aliphatic heterocycles. The molecule has 0 heterocycles. The Labute approximate surface area is 245 Å². The molecule has 3 aromatic rings. The topological polar surface area (TPSA) is 96.0 Å². The van der Waals surface area contributed by atoms with Crippen molar-refractivity contribution in [2.24, 2.45) is 0 Å². The second-order valence-corrected chi connectivity index (χ2v) is 12.3. The Balaban J connectivity index is 2.04. The highest BCUT2D eigenvalue weighted by Crippen LogP contribution is 2.23. The Kier molecular flexibility index (Phi) is 11.6. The van der Waals surface area contributed by atoms with Gasteiger partial charge >= 0.3 is 0 Å². The Hall–Kier alpha value is -3.37. The van der Waals surface area contributed by atoms with Gasteiger partial charge in [0.05, 0.1) is 19.1 Å². The van der Waals surface area contributed by atoms with E-state index in [2.05, 4.69) is 21.2 Å². The van der Waals surface area contributed by atoms with Crippen LogP contribution in [0.3, 0.4) is 0 Å². The van der Waals surface area contributed by atoms with Crippen molar-refractivity contribution in [3.63, 3.8) is 0 Å². The monoisotopic (exact) mass is 629 g/mol. The highest BCUT2D eigenvalue weighted by Gasteiger charge is 2.33. The van der Waals surface area contributed by atoms with Crippen molar-refractivity contribution in [1.29, 1.82) is 0 Å². The van der Waals surface area contributed by atoms with Crippen LogP contribution in [0.1, 0.15) is 30.9 Å². The van der Waals surface area contributed by atoms with Gasteiger partial charge in [-0.3, -0.25) is 13.9 Å². The summed E-state index contributed by atoms with van der Waals surface area (Å²) < 4.78 is 32.9. The summed E-state index contributed by atoms with van der Waals surface area (Å²) in [4.78, 5) is 29.1. The Morgan fingerprint density at radius 1 is 0.975 bits per heavy atom. The summed E-state index contributed by atoms with van der Waals surface area (Å²) >= 11 is 3.36. The van der Waals surface area contributed by atoms with Crippen LogP contribution in [-0.2, 0) is 32.6 Å². The minimum atomic E-state index is -3.82. The number of benzene rings is 3. The van der Waals surface area contributed by atoms with Gasteiger partial charge in [-0.25, -0.2) is 8.42 Å². The molecule has 0 saturated carbocycles. The van der Waals surface area contributed by atoms with E-state index in [0.717, 1.165) is 39.0 Å². The molecule has 8 nitrogen and oxygen atoms in total. The number of unbranched alkanes of at least 4 members (excludes halogenated alkanes) is 1. The lowest BCUT2D eigenvalue weighted by Crippen LogP contribution is -2.53. The van der Waals surface area contributed by atoms with E-state index in [1.807, 2.05) is 49.4 Å². The summed E-state index contributed by atoms with van der Waals surface area (Å²) in [6, 6.07) is 22.6. The van der Waals surface area contributed by atoms with Crippen LogP contribution in [0.2, 0.25) is 0 Å². The predicted octanol–water partition coefficient (Wildman–Crippen LogP) is 4.78. The molecule has 1 atom stereocenters. The first-order valence-electron chi connectivity index (χ1n) is 13.1. The van der Waals surface area contributed by atoms with Gasteiger partial charge in [-0.2, -0.15) is 0 Å². The van der Waals surface area contributed by atoms with Crippen molar-refractivity contribution in [2.45, 2.75) is 38.8 Å². The maximum Gasteiger partial charge on any atom is 0.244 e. The highest BCUT2D eigenvalue weighted by molar-refractivity contribution is 9.10. The molecule has 0 bridgehead atoms. The van der Waals surface area contributed by atoms with Gasteiger partial charge in [-0.05, 0) is 53.9 Å². The summed E-state index contributed by atoms with van der Waals surface area (Å²) in [5.41, 5.74) is 1.99. The van der Waals surface area contributed by atoms with Crippen LogP contribution in [-0.4, -0.2) is 57.6 Å². The number of hydrogen-bond acceptors (Lipinski definition) is 5. The molecule has 0 spiro atoms. The Morgan fingerprint density at radius 3 is 2.27 bits per heavy atom. The van der Waals surface area contributed by atoms with Gasteiger partial charge in [0.15, 0.2) is 0 Å². The second kappa shape index (κ2) is 14.9. The van der Waals surface area contributed by atoms with Gasteiger partial charge in [-0.15, -0.1) is 0 Å². The fraction of sp³-hybridized carbons (Fsp3) is 0.333. The molecule has 10 heteroatoms. The third kappa shape index (κ3) is 9.09. The molecular formula is C30H36BrN3O5S. The first-order chi connectivity index (χ1) is 19.1. The third-order valence-corrected chi connectivity index (χ3v) is 8.05. The second-order valence-electron chi connectivity index (χ2n) is 9.47. The molecule has 40 heavy (non-hydrogen) atoms. The number of nitrogens with zero attached hydrogens (tertiary/aromatic N) is 2. The van der Waals surface area contributed by atoms with E-state index in [0.29, 0.717) is 18.0 Å². The molecule has 0 aromatic heterocycles. The van der Waals surface area contributed by atoms with E-state index in [-0.39, 0.29) is 18.9 Å². The maximum atomic E-state index is 14.1. The molecule has 3 aromatic carbocycles. The summed E-state index contributed by atoms with van der Waals surface area (Å²) in [6.07, 6.45) is 3.05. The third-order valence-electron chi connectivity index (χ3n) is 6.38. The van der Waals surface area contributed by atoms with Crippen molar-refractivity contribution < 1.29 is 22.7 Å². The molecule has 1 N–H and O–H groups in total.